The first kappa shape index (κ1) is 15.6. The summed E-state index contributed by atoms with van der Waals surface area (Å²) in [6, 6.07) is 8.96. The monoisotopic (exact) mass is 279 g/mol. The lowest BCUT2D eigenvalue weighted by Gasteiger charge is -2.17. The second-order valence-electron chi connectivity index (χ2n) is 4.06. The minimum Gasteiger partial charge on any atom is -0.490 e. The van der Waals surface area contributed by atoms with Gasteiger partial charge in [-0.1, -0.05) is 24.8 Å². The second kappa shape index (κ2) is 7.83. The normalized spacial score (nSPS) is 11.2. The number of nitrogens with two attached hydrogens (primary N) is 1. The average Bonchev–Trinajstić information content (AvgIpc) is 2.42. The van der Waals surface area contributed by atoms with Gasteiger partial charge < -0.3 is 19.9 Å². The van der Waals surface area contributed by atoms with Gasteiger partial charge in [-0.05, 0) is 19.1 Å². The first-order valence-electron chi connectivity index (χ1n) is 5.95. The third-order valence-electron chi connectivity index (χ3n) is 2.21. The smallest absolute Gasteiger partial charge is 0.405 e. The van der Waals surface area contributed by atoms with E-state index >= 15 is 0 Å². The molecule has 1 amide bonds. The van der Waals surface area contributed by atoms with Crippen LogP contribution >= 0.6 is 0 Å². The SMILES string of the molecule is C=C(C)C(=O)OCC(COc1ccccc1)OC(N)=O. The Kier molecular flexibility index (Phi) is 6.09. The lowest BCUT2D eigenvalue weighted by molar-refractivity contribution is -0.142. The Morgan fingerprint density at radius 2 is 1.90 bits per heavy atom. The topological polar surface area (TPSA) is 87.8 Å². The van der Waals surface area contributed by atoms with Gasteiger partial charge in [-0.3, -0.25) is 0 Å². The van der Waals surface area contributed by atoms with Crippen molar-refractivity contribution in [2.24, 2.45) is 5.73 Å². The highest BCUT2D eigenvalue weighted by Gasteiger charge is 2.16. The Bertz CT molecular complexity index is 472. The summed E-state index contributed by atoms with van der Waals surface area (Å²) in [7, 11) is 0. The predicted octanol–water partition coefficient (Wildman–Crippen LogP) is 1.65. The van der Waals surface area contributed by atoms with Crippen molar-refractivity contribution in [3.63, 3.8) is 0 Å². The molecule has 1 atom stereocenters. The number of hydrogen-bond donors (Lipinski definition) is 1. The zero-order chi connectivity index (χ0) is 15.0. The second-order valence-corrected chi connectivity index (χ2v) is 4.06. The molecule has 0 radical (unpaired) electrons. The van der Waals surface area contributed by atoms with E-state index in [-0.39, 0.29) is 18.8 Å². The van der Waals surface area contributed by atoms with Crippen LogP contribution in [0.15, 0.2) is 42.5 Å². The van der Waals surface area contributed by atoms with Gasteiger partial charge in [0.2, 0.25) is 0 Å². The molecule has 1 unspecified atom stereocenters. The van der Waals surface area contributed by atoms with Crippen LogP contribution in [0, 0.1) is 0 Å². The van der Waals surface area contributed by atoms with Crippen LogP contribution < -0.4 is 10.5 Å². The van der Waals surface area contributed by atoms with Crippen LogP contribution in [-0.2, 0) is 14.3 Å². The van der Waals surface area contributed by atoms with Gasteiger partial charge in [0.05, 0.1) is 0 Å². The van der Waals surface area contributed by atoms with E-state index in [0.29, 0.717) is 5.75 Å². The molecule has 0 saturated heterocycles. The van der Waals surface area contributed by atoms with Crippen LogP contribution in [-0.4, -0.2) is 31.4 Å². The molecule has 0 fully saturated rings. The number of primary amides is 1. The number of rotatable bonds is 7. The molecule has 6 nitrogen and oxygen atoms in total. The summed E-state index contributed by atoms with van der Waals surface area (Å²) in [6.45, 7) is 4.84. The fourth-order valence-electron chi connectivity index (χ4n) is 1.28. The maximum absolute atomic E-state index is 11.3. The summed E-state index contributed by atoms with van der Waals surface area (Å²) in [5, 5.41) is 0. The Morgan fingerprint density at radius 1 is 1.25 bits per heavy atom. The van der Waals surface area contributed by atoms with Crippen molar-refractivity contribution in [2.45, 2.75) is 13.0 Å². The van der Waals surface area contributed by atoms with Gasteiger partial charge >= 0.3 is 12.1 Å². The standard InChI is InChI=1S/C14H17NO5/c1-10(2)13(16)19-9-12(20-14(15)17)8-18-11-6-4-3-5-7-11/h3-7,12H,1,8-9H2,2H3,(H2,15,17). The molecule has 6 heteroatoms. The number of ether oxygens (including phenoxy) is 3. The quantitative estimate of drug-likeness (QED) is 0.605. The van der Waals surface area contributed by atoms with Crippen molar-refractivity contribution in [2.75, 3.05) is 13.2 Å². The number of hydrogen-bond acceptors (Lipinski definition) is 5. The minimum atomic E-state index is -0.960. The van der Waals surface area contributed by atoms with Crippen LogP contribution in [0.1, 0.15) is 6.92 Å². The van der Waals surface area contributed by atoms with Crippen molar-refractivity contribution in [1.82, 2.24) is 0 Å². The maximum Gasteiger partial charge on any atom is 0.405 e. The summed E-state index contributed by atoms with van der Waals surface area (Å²) >= 11 is 0. The molecule has 108 valence electrons. The van der Waals surface area contributed by atoms with E-state index < -0.39 is 18.2 Å². The van der Waals surface area contributed by atoms with E-state index in [1.54, 1.807) is 24.3 Å². The summed E-state index contributed by atoms with van der Waals surface area (Å²) in [5.74, 6) is 0.0413. The molecule has 0 saturated carbocycles. The highest BCUT2D eigenvalue weighted by molar-refractivity contribution is 5.86. The Labute approximate surface area is 117 Å². The summed E-state index contributed by atoms with van der Waals surface area (Å²) < 4.78 is 15.1. The van der Waals surface area contributed by atoms with Crippen molar-refractivity contribution >= 4 is 12.1 Å². The van der Waals surface area contributed by atoms with Gasteiger partial charge in [0.1, 0.15) is 19.0 Å². The molecule has 0 spiro atoms. The van der Waals surface area contributed by atoms with E-state index in [1.165, 1.54) is 6.92 Å². The molecule has 1 aromatic rings. The third-order valence-corrected chi connectivity index (χ3v) is 2.21. The number of para-hydroxylation sites is 1. The fraction of sp³-hybridized carbons (Fsp3) is 0.286. The van der Waals surface area contributed by atoms with Crippen LogP contribution in [0.4, 0.5) is 4.79 Å². The van der Waals surface area contributed by atoms with E-state index in [0.717, 1.165) is 0 Å². The van der Waals surface area contributed by atoms with Crippen LogP contribution in [0.2, 0.25) is 0 Å². The van der Waals surface area contributed by atoms with Gasteiger partial charge in [0.25, 0.3) is 0 Å². The molecule has 1 rings (SSSR count). The highest BCUT2D eigenvalue weighted by Crippen LogP contribution is 2.09. The lowest BCUT2D eigenvalue weighted by atomic mass is 10.3. The molecule has 0 aliphatic carbocycles. The van der Waals surface area contributed by atoms with E-state index in [4.69, 9.17) is 19.9 Å². The number of carbonyl (C=O) groups excluding carboxylic acids is 2. The molecular formula is C14H17NO5. The summed E-state index contributed by atoms with van der Waals surface area (Å²) in [4.78, 5) is 22.1. The molecule has 0 aromatic heterocycles. The summed E-state index contributed by atoms with van der Waals surface area (Å²) in [6.07, 6.45) is -1.74. The van der Waals surface area contributed by atoms with Crippen LogP contribution in [0.25, 0.3) is 0 Å². The van der Waals surface area contributed by atoms with Crippen molar-refractivity contribution in [1.29, 1.82) is 0 Å². The molecule has 1 aromatic carbocycles. The number of carbonyl (C=O) groups is 2. The van der Waals surface area contributed by atoms with Gasteiger partial charge in [0, 0.05) is 5.57 Å². The lowest BCUT2D eigenvalue weighted by Crippen LogP contribution is -2.33. The maximum atomic E-state index is 11.3. The summed E-state index contributed by atoms with van der Waals surface area (Å²) in [5.41, 5.74) is 5.21. The Balaban J connectivity index is 2.49. The zero-order valence-corrected chi connectivity index (χ0v) is 11.2. The Hall–Kier alpha value is -2.50. The third kappa shape index (κ3) is 5.90. The fourth-order valence-corrected chi connectivity index (χ4v) is 1.28. The molecule has 0 heterocycles. The molecule has 0 bridgehead atoms. The van der Waals surface area contributed by atoms with Crippen LogP contribution in [0.5, 0.6) is 5.75 Å². The number of esters is 1. The molecule has 0 aliphatic heterocycles. The number of benzene rings is 1. The minimum absolute atomic E-state index is 0.0242. The van der Waals surface area contributed by atoms with Gasteiger partial charge in [0.15, 0.2) is 6.10 Å². The molecule has 0 aliphatic rings. The molecule has 2 N–H and O–H groups in total. The van der Waals surface area contributed by atoms with Crippen molar-refractivity contribution in [3.8, 4) is 5.75 Å². The predicted molar refractivity (Wildman–Crippen MR) is 72.2 cm³/mol. The van der Waals surface area contributed by atoms with E-state index in [1.807, 2.05) is 6.07 Å². The largest absolute Gasteiger partial charge is 0.490 e. The Morgan fingerprint density at radius 3 is 2.45 bits per heavy atom. The number of amides is 1. The van der Waals surface area contributed by atoms with E-state index in [2.05, 4.69) is 6.58 Å². The van der Waals surface area contributed by atoms with Crippen molar-refractivity contribution < 1.29 is 23.8 Å². The van der Waals surface area contributed by atoms with Crippen molar-refractivity contribution in [3.05, 3.63) is 42.5 Å². The first-order chi connectivity index (χ1) is 9.49. The zero-order valence-electron chi connectivity index (χ0n) is 11.2. The van der Waals surface area contributed by atoms with Gasteiger partial charge in [-0.25, -0.2) is 9.59 Å². The molecule has 20 heavy (non-hydrogen) atoms. The first-order valence-corrected chi connectivity index (χ1v) is 5.95. The van der Waals surface area contributed by atoms with Crippen LogP contribution in [0.3, 0.4) is 0 Å². The van der Waals surface area contributed by atoms with Gasteiger partial charge in [-0.15, -0.1) is 0 Å². The van der Waals surface area contributed by atoms with Gasteiger partial charge in [-0.2, -0.15) is 0 Å². The van der Waals surface area contributed by atoms with E-state index in [9.17, 15) is 9.59 Å². The average molecular weight is 279 g/mol. The molecular weight excluding hydrogens is 262 g/mol. The highest BCUT2D eigenvalue weighted by atomic mass is 16.6.